The van der Waals surface area contributed by atoms with Crippen LogP contribution in [-0.4, -0.2) is 14.1 Å². The molecule has 0 saturated heterocycles. The Morgan fingerprint density at radius 1 is 1.11 bits per heavy atom. The maximum atomic E-state index is 6.25. The van der Waals surface area contributed by atoms with Crippen molar-refractivity contribution in [1.82, 2.24) is 0 Å². The average molecular weight is 275 g/mol. The number of aryl methyl sites for hydroxylation is 1. The van der Waals surface area contributed by atoms with Crippen LogP contribution in [0.3, 0.4) is 0 Å². The highest BCUT2D eigenvalue weighted by Crippen LogP contribution is 2.25. The molecular weight excluding hydrogens is 256 g/mol. The van der Waals surface area contributed by atoms with Crippen LogP contribution in [0, 0.1) is 6.92 Å². The zero-order valence-corrected chi connectivity index (χ0v) is 12.3. The number of hydrogen-bond acceptors (Lipinski definition) is 2. The lowest BCUT2D eigenvalue weighted by atomic mass is 10.1. The maximum absolute atomic E-state index is 6.25. The Morgan fingerprint density at radius 3 is 2.53 bits per heavy atom. The van der Waals surface area contributed by atoms with Gasteiger partial charge in [-0.3, -0.25) is 0 Å². The summed E-state index contributed by atoms with van der Waals surface area (Å²) in [6.45, 7) is 2.77. The molecule has 3 heteroatoms. The summed E-state index contributed by atoms with van der Waals surface area (Å²) in [6.07, 6.45) is 0. The van der Waals surface area contributed by atoms with E-state index in [4.69, 9.17) is 11.6 Å². The van der Waals surface area contributed by atoms with Gasteiger partial charge in [0.25, 0.3) is 0 Å². The highest BCUT2D eigenvalue weighted by atomic mass is 35.5. The standard InChI is InChI=1S/C16H19ClN2/c1-12-8-9-13(14(17)10-12)11-18-15-6-4-5-7-16(15)19(2)3/h4-10,18H,11H2,1-3H3. The van der Waals surface area contributed by atoms with E-state index in [1.807, 2.05) is 39.2 Å². The summed E-state index contributed by atoms with van der Waals surface area (Å²) in [7, 11) is 4.08. The van der Waals surface area contributed by atoms with Crippen LogP contribution in [0.4, 0.5) is 11.4 Å². The van der Waals surface area contributed by atoms with Gasteiger partial charge in [-0.15, -0.1) is 0 Å². The van der Waals surface area contributed by atoms with E-state index in [9.17, 15) is 0 Å². The van der Waals surface area contributed by atoms with E-state index in [1.165, 1.54) is 11.3 Å². The second kappa shape index (κ2) is 5.98. The molecule has 0 aliphatic rings. The van der Waals surface area contributed by atoms with Gasteiger partial charge >= 0.3 is 0 Å². The van der Waals surface area contributed by atoms with E-state index in [1.54, 1.807) is 0 Å². The van der Waals surface area contributed by atoms with Crippen LogP contribution < -0.4 is 10.2 Å². The van der Waals surface area contributed by atoms with Crippen LogP contribution in [0.5, 0.6) is 0 Å². The molecule has 2 aromatic carbocycles. The minimum Gasteiger partial charge on any atom is -0.379 e. The predicted molar refractivity (Wildman–Crippen MR) is 84.3 cm³/mol. The minimum absolute atomic E-state index is 0.726. The van der Waals surface area contributed by atoms with Crippen molar-refractivity contribution >= 4 is 23.0 Å². The molecule has 0 aromatic heterocycles. The number of nitrogens with one attached hydrogen (secondary N) is 1. The topological polar surface area (TPSA) is 15.3 Å². The van der Waals surface area contributed by atoms with E-state index in [0.717, 1.165) is 22.8 Å². The van der Waals surface area contributed by atoms with Gasteiger partial charge in [0.15, 0.2) is 0 Å². The fourth-order valence-electron chi connectivity index (χ4n) is 2.00. The Balaban J connectivity index is 2.14. The van der Waals surface area contributed by atoms with Crippen LogP contribution >= 0.6 is 11.6 Å². The number of benzene rings is 2. The molecule has 0 aliphatic carbocycles. The first-order valence-electron chi connectivity index (χ1n) is 6.33. The molecule has 0 fully saturated rings. The molecule has 1 N–H and O–H groups in total. The van der Waals surface area contributed by atoms with E-state index in [-0.39, 0.29) is 0 Å². The molecule has 2 aromatic rings. The fraction of sp³-hybridized carbons (Fsp3) is 0.250. The molecule has 19 heavy (non-hydrogen) atoms. The first-order valence-corrected chi connectivity index (χ1v) is 6.71. The molecule has 0 unspecified atom stereocenters. The summed E-state index contributed by atoms with van der Waals surface area (Å²) in [4.78, 5) is 2.10. The van der Waals surface area contributed by atoms with Crippen molar-refractivity contribution in [3.63, 3.8) is 0 Å². The Morgan fingerprint density at radius 2 is 1.84 bits per heavy atom. The van der Waals surface area contributed by atoms with Crippen molar-refractivity contribution in [3.8, 4) is 0 Å². The molecule has 0 saturated carbocycles. The highest BCUT2D eigenvalue weighted by molar-refractivity contribution is 6.31. The third-order valence-electron chi connectivity index (χ3n) is 3.06. The molecule has 0 atom stereocenters. The fourth-order valence-corrected chi connectivity index (χ4v) is 2.30. The van der Waals surface area contributed by atoms with Gasteiger partial charge < -0.3 is 10.2 Å². The zero-order chi connectivity index (χ0) is 13.8. The molecule has 100 valence electrons. The van der Waals surface area contributed by atoms with Crippen LogP contribution in [0.25, 0.3) is 0 Å². The molecule has 0 heterocycles. The van der Waals surface area contributed by atoms with Gasteiger partial charge in [0.05, 0.1) is 11.4 Å². The van der Waals surface area contributed by atoms with E-state index in [0.29, 0.717) is 0 Å². The molecule has 0 aliphatic heterocycles. The second-order valence-electron chi connectivity index (χ2n) is 4.86. The number of hydrogen-bond donors (Lipinski definition) is 1. The Labute approximate surface area is 120 Å². The predicted octanol–water partition coefficient (Wildman–Crippen LogP) is 4.33. The number of halogens is 1. The van der Waals surface area contributed by atoms with Crippen molar-refractivity contribution in [2.75, 3.05) is 24.3 Å². The third-order valence-corrected chi connectivity index (χ3v) is 3.42. The summed E-state index contributed by atoms with van der Waals surface area (Å²) in [5.74, 6) is 0. The smallest absolute Gasteiger partial charge is 0.0596 e. The summed E-state index contributed by atoms with van der Waals surface area (Å²) in [6, 6.07) is 14.4. The lowest BCUT2D eigenvalue weighted by molar-refractivity contribution is 1.10. The lowest BCUT2D eigenvalue weighted by Crippen LogP contribution is -2.12. The average Bonchev–Trinajstić information content (AvgIpc) is 2.38. The Bertz CT molecular complexity index is 564. The van der Waals surface area contributed by atoms with Crippen molar-refractivity contribution in [2.45, 2.75) is 13.5 Å². The van der Waals surface area contributed by atoms with Gasteiger partial charge in [-0.2, -0.15) is 0 Å². The first kappa shape index (κ1) is 13.8. The van der Waals surface area contributed by atoms with Crippen LogP contribution in [-0.2, 0) is 6.54 Å². The molecule has 2 rings (SSSR count). The van der Waals surface area contributed by atoms with Crippen molar-refractivity contribution in [3.05, 3.63) is 58.6 Å². The van der Waals surface area contributed by atoms with E-state index < -0.39 is 0 Å². The molecule has 2 nitrogen and oxygen atoms in total. The molecule has 0 bridgehead atoms. The number of nitrogens with zero attached hydrogens (tertiary/aromatic N) is 1. The first-order chi connectivity index (χ1) is 9.08. The zero-order valence-electron chi connectivity index (χ0n) is 11.6. The Hall–Kier alpha value is -1.67. The largest absolute Gasteiger partial charge is 0.379 e. The second-order valence-corrected chi connectivity index (χ2v) is 5.27. The molecule has 0 amide bonds. The van der Waals surface area contributed by atoms with E-state index in [2.05, 4.69) is 34.5 Å². The molecule has 0 radical (unpaired) electrons. The SMILES string of the molecule is Cc1ccc(CNc2ccccc2N(C)C)c(Cl)c1. The maximum Gasteiger partial charge on any atom is 0.0596 e. The van der Waals surface area contributed by atoms with Gasteiger partial charge in [-0.05, 0) is 36.2 Å². The van der Waals surface area contributed by atoms with Gasteiger partial charge in [0, 0.05) is 25.7 Å². The monoisotopic (exact) mass is 274 g/mol. The third kappa shape index (κ3) is 3.42. The van der Waals surface area contributed by atoms with Crippen LogP contribution in [0.2, 0.25) is 5.02 Å². The van der Waals surface area contributed by atoms with Gasteiger partial charge in [-0.25, -0.2) is 0 Å². The quantitative estimate of drug-likeness (QED) is 0.893. The van der Waals surface area contributed by atoms with Crippen molar-refractivity contribution in [1.29, 1.82) is 0 Å². The highest BCUT2D eigenvalue weighted by Gasteiger charge is 2.05. The van der Waals surface area contributed by atoms with Crippen LogP contribution in [0.15, 0.2) is 42.5 Å². The summed E-state index contributed by atoms with van der Waals surface area (Å²) < 4.78 is 0. The van der Waals surface area contributed by atoms with Gasteiger partial charge in [0.2, 0.25) is 0 Å². The molecule has 0 spiro atoms. The normalized spacial score (nSPS) is 10.3. The van der Waals surface area contributed by atoms with Gasteiger partial charge in [-0.1, -0.05) is 35.9 Å². The number of para-hydroxylation sites is 2. The van der Waals surface area contributed by atoms with E-state index >= 15 is 0 Å². The van der Waals surface area contributed by atoms with Crippen LogP contribution in [0.1, 0.15) is 11.1 Å². The van der Waals surface area contributed by atoms with Crippen molar-refractivity contribution < 1.29 is 0 Å². The minimum atomic E-state index is 0.726. The molecular formula is C16H19ClN2. The summed E-state index contributed by atoms with van der Waals surface area (Å²) in [5.41, 5.74) is 4.58. The summed E-state index contributed by atoms with van der Waals surface area (Å²) in [5, 5.41) is 4.26. The lowest BCUT2D eigenvalue weighted by Gasteiger charge is -2.18. The van der Waals surface area contributed by atoms with Crippen molar-refractivity contribution in [2.24, 2.45) is 0 Å². The number of anilines is 2. The number of rotatable bonds is 4. The summed E-state index contributed by atoms with van der Waals surface area (Å²) >= 11 is 6.25. The Kier molecular flexibility index (Phi) is 4.33. The van der Waals surface area contributed by atoms with Gasteiger partial charge in [0.1, 0.15) is 0 Å².